The van der Waals surface area contributed by atoms with Crippen LogP contribution in [0.2, 0.25) is 0 Å². The quantitative estimate of drug-likeness (QED) is 0.0429. The first-order valence-electron chi connectivity index (χ1n) is 22.8. The number of amides is 2. The van der Waals surface area contributed by atoms with Crippen LogP contribution in [0.25, 0.3) is 31.9 Å². The Morgan fingerprint density at radius 3 is 2.17 bits per heavy atom. The lowest BCUT2D eigenvalue weighted by molar-refractivity contribution is -0.122. The van der Waals surface area contributed by atoms with E-state index >= 15 is 0 Å². The molecule has 1 aliphatic heterocycles. The van der Waals surface area contributed by atoms with Crippen LogP contribution in [0.5, 0.6) is 0 Å². The molecule has 2 amide bonds. The lowest BCUT2D eigenvalue weighted by Crippen LogP contribution is -2.48. The van der Waals surface area contributed by atoms with Gasteiger partial charge in [-0.25, -0.2) is 15.0 Å². The van der Waals surface area contributed by atoms with Gasteiger partial charge in [0.25, 0.3) is 5.91 Å². The van der Waals surface area contributed by atoms with E-state index in [1.54, 1.807) is 11.3 Å². The molecule has 2 aliphatic rings. The van der Waals surface area contributed by atoms with Crippen molar-refractivity contribution in [2.75, 3.05) is 68.7 Å². The third-order valence-corrected chi connectivity index (χ3v) is 13.3. The van der Waals surface area contributed by atoms with Gasteiger partial charge in [0, 0.05) is 47.7 Å². The van der Waals surface area contributed by atoms with E-state index in [0.717, 1.165) is 64.4 Å². The number of ether oxygens (including phenoxy) is 3. The fourth-order valence-corrected chi connectivity index (χ4v) is 9.92. The van der Waals surface area contributed by atoms with Crippen LogP contribution >= 0.6 is 11.3 Å². The molecule has 1 saturated carbocycles. The molecule has 65 heavy (non-hydrogen) atoms. The van der Waals surface area contributed by atoms with Crippen molar-refractivity contribution >= 4 is 50.6 Å². The number of nitrogens with one attached hydrogen (secondary N) is 3. The average Bonchev–Trinajstić information content (AvgIpc) is 3.93. The molecule has 5 N–H and O–H groups in total. The Labute approximate surface area is 385 Å². The zero-order valence-electron chi connectivity index (χ0n) is 37.6. The minimum Gasteiger partial charge on any atom is -0.399 e. The summed E-state index contributed by atoms with van der Waals surface area (Å²) in [7, 11) is 0. The molecule has 8 rings (SSSR count). The molecular formula is C51H60N8O5S. The van der Waals surface area contributed by atoms with Gasteiger partial charge in [0.2, 0.25) is 5.91 Å². The topological polar surface area (TPSA) is 166 Å². The van der Waals surface area contributed by atoms with Gasteiger partial charge in [-0.05, 0) is 123 Å². The van der Waals surface area contributed by atoms with Gasteiger partial charge in [0.05, 0.1) is 61.6 Å². The number of hydrogen-bond donors (Lipinski definition) is 4. The molecule has 0 bridgehead atoms. The fraction of sp³-hybridized carbons (Fsp3) is 0.392. The third kappa shape index (κ3) is 11.9. The first-order valence-corrected chi connectivity index (χ1v) is 23.6. The summed E-state index contributed by atoms with van der Waals surface area (Å²) in [6, 6.07) is 31.3. The molecule has 13 nitrogen and oxygen atoms in total. The molecule has 1 aliphatic carbocycles. The van der Waals surface area contributed by atoms with E-state index in [9.17, 15) is 9.59 Å². The van der Waals surface area contributed by atoms with E-state index in [2.05, 4.69) is 70.2 Å². The van der Waals surface area contributed by atoms with Gasteiger partial charge in [-0.1, -0.05) is 43.2 Å². The number of nitrogen functional groups attached to an aromatic ring is 1. The Balaban J connectivity index is 0.731. The molecule has 1 saturated heterocycles. The number of aryl methyl sites for hydroxylation is 2. The van der Waals surface area contributed by atoms with Crippen LogP contribution in [-0.4, -0.2) is 91.6 Å². The van der Waals surface area contributed by atoms with Gasteiger partial charge < -0.3 is 40.8 Å². The van der Waals surface area contributed by atoms with Crippen molar-refractivity contribution in [1.82, 2.24) is 25.6 Å². The number of fused-ring (bicyclic) bond motifs is 2. The predicted octanol–water partition coefficient (Wildman–Crippen LogP) is 8.53. The highest BCUT2D eigenvalue weighted by Gasteiger charge is 2.46. The maximum atomic E-state index is 13.8. The Morgan fingerprint density at radius 1 is 0.769 bits per heavy atom. The molecule has 0 unspecified atom stereocenters. The van der Waals surface area contributed by atoms with Crippen LogP contribution < -0.4 is 26.6 Å². The van der Waals surface area contributed by atoms with Crippen molar-refractivity contribution in [1.29, 1.82) is 0 Å². The Hall–Kier alpha value is -5.93. The van der Waals surface area contributed by atoms with E-state index in [4.69, 9.17) is 34.9 Å². The smallest absolute Gasteiger partial charge is 0.251 e. The van der Waals surface area contributed by atoms with Crippen molar-refractivity contribution in [3.63, 3.8) is 0 Å². The molecule has 0 radical (unpaired) electrons. The number of carbonyl (C=O) groups is 2. The summed E-state index contributed by atoms with van der Waals surface area (Å²) in [5.41, 5.74) is 14.3. The van der Waals surface area contributed by atoms with Crippen LogP contribution in [0, 0.1) is 19.8 Å². The lowest BCUT2D eigenvalue weighted by atomic mass is 9.84. The van der Waals surface area contributed by atoms with E-state index in [0.29, 0.717) is 81.4 Å². The number of anilines is 3. The lowest BCUT2D eigenvalue weighted by Gasteiger charge is -2.35. The van der Waals surface area contributed by atoms with Crippen LogP contribution in [0.3, 0.4) is 0 Å². The zero-order chi connectivity index (χ0) is 45.1. The Bertz CT molecular complexity index is 2520. The number of nitrogens with two attached hydrogens (primary N) is 1. The van der Waals surface area contributed by atoms with Crippen molar-refractivity contribution in [3.05, 3.63) is 120 Å². The minimum atomic E-state index is -0.385. The highest BCUT2D eigenvalue weighted by Crippen LogP contribution is 2.42. The van der Waals surface area contributed by atoms with Gasteiger partial charge in [-0.3, -0.25) is 9.59 Å². The molecule has 2 fully saturated rings. The number of aromatic nitrogens is 3. The summed E-state index contributed by atoms with van der Waals surface area (Å²) in [5.74, 6) is 1.52. The van der Waals surface area contributed by atoms with Gasteiger partial charge >= 0.3 is 0 Å². The molecule has 4 aromatic carbocycles. The summed E-state index contributed by atoms with van der Waals surface area (Å²) in [6.07, 6.45) is 5.17. The average molecular weight is 897 g/mol. The Morgan fingerprint density at radius 2 is 1.43 bits per heavy atom. The summed E-state index contributed by atoms with van der Waals surface area (Å²) >= 11 is 1.72. The van der Waals surface area contributed by atoms with Crippen LogP contribution in [0.15, 0.2) is 97.1 Å². The maximum Gasteiger partial charge on any atom is 0.251 e. The standard InChI is InChI=1S/C51H60N8O5S/c1-33-8-21-43-47(30-33)65-51(58-43)39-15-19-42(20-16-39)53-22-24-62-26-28-64-29-27-63-25-23-54-50(61)46-31-40-6-4-5-7-45(40)59(46)48-32-44(56-35(3)57-48)34(2)55-49(60)38-11-9-36(10-12-38)37-13-17-41(52)18-14-37/h8-21,30,32,34,40,45-46,53H,4-7,22-29,31,52H2,1-3H3,(H,54,61)(H,55,60)/t34-,40-,45-,46-/m0/s1. The second-order valence-electron chi connectivity index (χ2n) is 17.0. The monoisotopic (exact) mass is 896 g/mol. The largest absolute Gasteiger partial charge is 0.399 e. The second-order valence-corrected chi connectivity index (χ2v) is 18.0. The van der Waals surface area contributed by atoms with E-state index in [1.165, 1.54) is 16.7 Å². The van der Waals surface area contributed by atoms with Crippen molar-refractivity contribution < 1.29 is 23.8 Å². The number of benzene rings is 4. The number of thiazole rings is 1. The molecule has 0 spiro atoms. The maximum absolute atomic E-state index is 13.8. The molecule has 340 valence electrons. The van der Waals surface area contributed by atoms with Crippen molar-refractivity contribution in [3.8, 4) is 21.7 Å². The SMILES string of the molecule is Cc1ccc2nc(-c3ccc(NCCOCCOCCOCCNC(=O)[C@@H]4C[C@@H]5CCCC[C@@H]5N4c4cc([C@H](C)NC(=O)c5ccc(-c6ccc(N)cc6)cc5)nc(C)n4)cc3)sc2c1. The van der Waals surface area contributed by atoms with Crippen molar-refractivity contribution in [2.24, 2.45) is 5.92 Å². The van der Waals surface area contributed by atoms with Crippen LogP contribution in [0.1, 0.15) is 72.5 Å². The summed E-state index contributed by atoms with van der Waals surface area (Å²) in [4.78, 5) is 43.8. The fourth-order valence-electron chi connectivity index (χ4n) is 8.86. The molecule has 4 atom stereocenters. The number of hydrogen-bond acceptors (Lipinski definition) is 12. The normalized spacial score (nSPS) is 17.5. The highest BCUT2D eigenvalue weighted by atomic mass is 32.1. The van der Waals surface area contributed by atoms with Gasteiger partial charge in [-0.15, -0.1) is 11.3 Å². The van der Waals surface area contributed by atoms with E-state index < -0.39 is 0 Å². The number of nitrogens with zero attached hydrogens (tertiary/aromatic N) is 4. The predicted molar refractivity (Wildman–Crippen MR) is 259 cm³/mol. The first-order chi connectivity index (χ1) is 31.7. The summed E-state index contributed by atoms with van der Waals surface area (Å²) in [5, 5.41) is 10.7. The molecule has 2 aromatic heterocycles. The first kappa shape index (κ1) is 45.6. The second kappa shape index (κ2) is 21.8. The minimum absolute atomic E-state index is 0.0241. The van der Waals surface area contributed by atoms with Crippen LogP contribution in [0.4, 0.5) is 17.2 Å². The molecule has 3 heterocycles. The van der Waals surface area contributed by atoms with Gasteiger partial charge in [-0.2, -0.15) is 0 Å². The molecule has 14 heteroatoms. The number of rotatable bonds is 20. The number of carbonyl (C=O) groups excluding carboxylic acids is 2. The molecular weight excluding hydrogens is 837 g/mol. The Kier molecular flexibility index (Phi) is 15.3. The van der Waals surface area contributed by atoms with E-state index in [-0.39, 0.29) is 29.9 Å². The van der Waals surface area contributed by atoms with Crippen LogP contribution in [-0.2, 0) is 19.0 Å². The summed E-state index contributed by atoms with van der Waals surface area (Å²) in [6.45, 7) is 9.78. The zero-order valence-corrected chi connectivity index (χ0v) is 38.4. The van der Waals surface area contributed by atoms with Gasteiger partial charge in [0.1, 0.15) is 22.7 Å². The van der Waals surface area contributed by atoms with Gasteiger partial charge in [0.15, 0.2) is 0 Å². The van der Waals surface area contributed by atoms with Crippen molar-refractivity contribution in [2.45, 2.75) is 71.0 Å². The summed E-state index contributed by atoms with van der Waals surface area (Å²) < 4.78 is 18.4. The third-order valence-electron chi connectivity index (χ3n) is 12.2. The molecule has 6 aromatic rings. The highest BCUT2D eigenvalue weighted by molar-refractivity contribution is 7.21. The van der Waals surface area contributed by atoms with E-state index in [1.807, 2.05) is 68.4 Å².